The maximum absolute atomic E-state index is 10.9. The third-order valence-electron chi connectivity index (χ3n) is 0.729. The van der Waals surface area contributed by atoms with Crippen LogP contribution in [0.15, 0.2) is 0 Å². The van der Waals surface area contributed by atoms with Gasteiger partial charge in [0.05, 0.1) is 0 Å². The molecule has 0 spiro atoms. The molecule has 78 valence electrons. The normalized spacial score (nSPS) is 45.0. The Hall–Kier alpha value is 2.88. The van der Waals surface area contributed by atoms with E-state index in [4.69, 9.17) is 0 Å². The maximum Gasteiger partial charge on any atom is 1.00 e. The Kier molecular flexibility index (Phi) is 9.26. The number of hydrogen-bond acceptors (Lipinski definition) is 9. The molecule has 1 saturated heterocycles. The molecule has 1 fully saturated rings. The van der Waals surface area contributed by atoms with E-state index in [1.165, 1.54) is 9.47 Å². The zero-order chi connectivity index (χ0) is 10.3. The van der Waals surface area contributed by atoms with Crippen molar-refractivity contribution in [2.45, 2.75) is 0 Å². The minimum Gasteiger partial charge on any atom is -0.756 e. The Morgan fingerprint density at radius 1 is 0.933 bits per heavy atom. The van der Waals surface area contributed by atoms with Crippen LogP contribution in [0.2, 0.25) is 0 Å². The molecule has 1 aliphatic heterocycles. The van der Waals surface area contributed by atoms with Crippen molar-refractivity contribution in [2.75, 3.05) is 0 Å². The summed E-state index contributed by atoms with van der Waals surface area (Å²) in [6.45, 7) is 0. The minimum atomic E-state index is -5.20. The summed E-state index contributed by atoms with van der Waals surface area (Å²) in [5, 5.41) is 0. The molecule has 1 aliphatic rings. The van der Waals surface area contributed by atoms with Gasteiger partial charge in [-0.25, -0.2) is 17.5 Å². The van der Waals surface area contributed by atoms with E-state index in [-0.39, 0.29) is 59.1 Å². The van der Waals surface area contributed by atoms with Crippen molar-refractivity contribution < 1.29 is 99.8 Å². The molecular formula is H2Na2O9P4. The van der Waals surface area contributed by atoms with Gasteiger partial charge in [0.1, 0.15) is 0 Å². The van der Waals surface area contributed by atoms with Gasteiger partial charge < -0.3 is 9.79 Å². The van der Waals surface area contributed by atoms with Crippen LogP contribution in [0.25, 0.3) is 0 Å². The van der Waals surface area contributed by atoms with Crippen LogP contribution in [0.4, 0.5) is 0 Å². The summed E-state index contributed by atoms with van der Waals surface area (Å²) in [7, 11) is -13.7. The van der Waals surface area contributed by atoms with Crippen molar-refractivity contribution in [1.82, 2.24) is 0 Å². The Balaban J connectivity index is 0. The van der Waals surface area contributed by atoms with E-state index in [0.29, 0.717) is 0 Å². The van der Waals surface area contributed by atoms with Crippen LogP contribution >= 0.6 is 32.9 Å². The van der Waals surface area contributed by atoms with Crippen LogP contribution in [-0.2, 0) is 30.9 Å². The molecule has 1 heterocycles. The average Bonchev–Trinajstić information content (AvgIpc) is 1.79. The molecule has 9 nitrogen and oxygen atoms in total. The van der Waals surface area contributed by atoms with Crippen LogP contribution in [0.3, 0.4) is 0 Å². The average molecular weight is 316 g/mol. The van der Waals surface area contributed by atoms with E-state index >= 15 is 0 Å². The number of rotatable bonds is 1. The van der Waals surface area contributed by atoms with Crippen molar-refractivity contribution in [1.29, 1.82) is 0 Å². The third kappa shape index (κ3) is 6.55. The van der Waals surface area contributed by atoms with Crippen LogP contribution in [0.1, 0.15) is 0 Å². The van der Waals surface area contributed by atoms with Gasteiger partial charge in [0, 0.05) is 9.47 Å². The molecule has 0 radical (unpaired) electrons. The molecule has 0 amide bonds. The van der Waals surface area contributed by atoms with Gasteiger partial charge in [-0.1, -0.05) is 0 Å². The smallest absolute Gasteiger partial charge is 0.756 e. The summed E-state index contributed by atoms with van der Waals surface area (Å²) in [5.41, 5.74) is 0. The fourth-order valence-electron chi connectivity index (χ4n) is 0.451. The molecule has 15 heavy (non-hydrogen) atoms. The van der Waals surface area contributed by atoms with Crippen molar-refractivity contribution in [2.24, 2.45) is 0 Å². The van der Waals surface area contributed by atoms with E-state index in [1.807, 2.05) is 0 Å². The standard InChI is InChI=1S/2Na.H4O9P4/c;;1-11(2)7-12(3,4)9-13(5,6-10)8-11/h;;10H2,(H,1,2)(H,3,4)/q2*+1;/p-2. The predicted molar refractivity (Wildman–Crippen MR) is 36.9 cm³/mol. The summed E-state index contributed by atoms with van der Waals surface area (Å²) < 4.78 is 46.4. The van der Waals surface area contributed by atoms with Gasteiger partial charge in [-0.2, -0.15) is 0 Å². The van der Waals surface area contributed by atoms with Gasteiger partial charge in [-0.05, 0) is 0 Å². The van der Waals surface area contributed by atoms with E-state index in [2.05, 4.69) is 17.2 Å². The quantitative estimate of drug-likeness (QED) is 0.342. The Morgan fingerprint density at radius 2 is 1.27 bits per heavy atom. The molecule has 0 aromatic carbocycles. The van der Waals surface area contributed by atoms with Crippen LogP contribution in [0.5, 0.6) is 0 Å². The van der Waals surface area contributed by atoms with Gasteiger partial charge in [0.15, 0.2) is 0 Å². The Labute approximate surface area is 131 Å². The fourth-order valence-corrected chi connectivity index (χ4v) is 5.55. The molecule has 1 rings (SSSR count). The first kappa shape index (κ1) is 20.2. The van der Waals surface area contributed by atoms with Crippen LogP contribution < -0.4 is 68.9 Å². The molecule has 0 aliphatic carbocycles. The molecule has 3 atom stereocenters. The van der Waals surface area contributed by atoms with E-state index < -0.39 is 23.5 Å². The second-order valence-electron chi connectivity index (χ2n) is 1.69. The second-order valence-corrected chi connectivity index (χ2v) is 7.18. The molecule has 0 aromatic heterocycles. The Bertz CT molecular complexity index is 320. The summed E-state index contributed by atoms with van der Waals surface area (Å²) in [5.74, 6) is 0. The Morgan fingerprint density at radius 3 is 1.53 bits per heavy atom. The summed E-state index contributed by atoms with van der Waals surface area (Å²) >= 11 is 0. The summed E-state index contributed by atoms with van der Waals surface area (Å²) in [4.78, 5) is 21.0. The monoisotopic (exact) mass is 316 g/mol. The second kappa shape index (κ2) is 6.88. The van der Waals surface area contributed by atoms with Gasteiger partial charge in [0.25, 0.3) is 15.6 Å². The van der Waals surface area contributed by atoms with Crippen molar-refractivity contribution in [3.05, 3.63) is 0 Å². The first-order chi connectivity index (χ1) is 5.68. The van der Waals surface area contributed by atoms with Gasteiger partial charge in [0.2, 0.25) is 0 Å². The van der Waals surface area contributed by atoms with Gasteiger partial charge in [-0.3, -0.25) is 13.4 Å². The van der Waals surface area contributed by atoms with Gasteiger partial charge >= 0.3 is 66.9 Å². The van der Waals surface area contributed by atoms with Crippen LogP contribution in [-0.4, -0.2) is 0 Å². The molecular weight excluding hydrogens is 314 g/mol. The van der Waals surface area contributed by atoms with E-state index in [9.17, 15) is 23.5 Å². The first-order valence-corrected chi connectivity index (χ1v) is 7.28. The maximum atomic E-state index is 10.9. The molecule has 0 bridgehead atoms. The third-order valence-corrected chi connectivity index (χ3v) is 6.56. The summed E-state index contributed by atoms with van der Waals surface area (Å²) in [6, 6.07) is 0. The first-order valence-electron chi connectivity index (χ1n) is 2.43. The number of phosphoric acid groups is 3. The topological polar surface area (TPSA) is 134 Å². The molecule has 0 aromatic rings. The van der Waals surface area contributed by atoms with Crippen molar-refractivity contribution in [3.63, 3.8) is 0 Å². The molecule has 3 unspecified atom stereocenters. The van der Waals surface area contributed by atoms with E-state index in [0.717, 1.165) is 0 Å². The van der Waals surface area contributed by atoms with Gasteiger partial charge in [-0.15, -0.1) is 0 Å². The number of hydrogen-bond donors (Lipinski definition) is 0. The molecule has 15 heteroatoms. The predicted octanol–water partition coefficient (Wildman–Crippen LogP) is -6.09. The summed E-state index contributed by atoms with van der Waals surface area (Å²) in [6.07, 6.45) is 0. The van der Waals surface area contributed by atoms with Crippen molar-refractivity contribution in [3.8, 4) is 0 Å². The molecule has 0 saturated carbocycles. The largest absolute Gasteiger partial charge is 1.00 e. The fraction of sp³-hybridized carbons (Fsp3) is 0. The zero-order valence-electron chi connectivity index (χ0n) is 7.59. The van der Waals surface area contributed by atoms with Crippen LogP contribution in [0, 0.1) is 0 Å². The SMILES string of the molecule is O=P1([O-])OP(=O)([O-])OP(=O)(OP)O1.[Na+].[Na+]. The minimum absolute atomic E-state index is 0. The van der Waals surface area contributed by atoms with Crippen molar-refractivity contribution >= 4 is 32.9 Å². The molecule has 0 N–H and O–H groups in total. The zero-order valence-corrected chi connectivity index (χ0v) is 15.4. The van der Waals surface area contributed by atoms with E-state index in [1.54, 1.807) is 0 Å².